The van der Waals surface area contributed by atoms with Gasteiger partial charge < -0.3 is 25.6 Å². The number of urea groups is 1. The summed E-state index contributed by atoms with van der Waals surface area (Å²) in [6.45, 7) is 2.00. The fourth-order valence-corrected chi connectivity index (χ4v) is 3.45. The molecule has 182 valence electrons. The lowest BCUT2D eigenvalue weighted by Crippen LogP contribution is -2.22. The van der Waals surface area contributed by atoms with Crippen molar-refractivity contribution in [2.75, 3.05) is 37.9 Å². The molecule has 0 radical (unpaired) electrons. The normalized spacial score (nSPS) is 16.6. The molecule has 12 nitrogen and oxygen atoms in total. The molecule has 0 spiro atoms. The van der Waals surface area contributed by atoms with Gasteiger partial charge in [0.25, 0.3) is 5.91 Å². The number of hydrogen-bond acceptors (Lipinski definition) is 9. The molecule has 4 N–H and O–H groups in total. The van der Waals surface area contributed by atoms with Gasteiger partial charge in [-0.2, -0.15) is 19.6 Å². The number of aromatic nitrogens is 4. The number of anilines is 2. The first kappa shape index (κ1) is 22.6. The summed E-state index contributed by atoms with van der Waals surface area (Å²) in [5.41, 5.74) is 2.28. The van der Waals surface area contributed by atoms with Crippen LogP contribution in [0.25, 0.3) is 11.7 Å². The average molecular weight is 478 g/mol. The van der Waals surface area contributed by atoms with Crippen LogP contribution in [0.1, 0.15) is 24.0 Å². The first-order valence-electron chi connectivity index (χ1n) is 11.4. The highest BCUT2D eigenvalue weighted by Crippen LogP contribution is 2.26. The van der Waals surface area contributed by atoms with E-state index in [1.54, 1.807) is 16.8 Å². The molecule has 2 aromatic heterocycles. The number of likely N-dealkylation sites (N-methyl/N-ethyl adjacent to an activating group) is 1. The van der Waals surface area contributed by atoms with Gasteiger partial charge in [-0.05, 0) is 50.7 Å². The molecular formula is C23H27N9O3. The monoisotopic (exact) mass is 477 g/mol. The summed E-state index contributed by atoms with van der Waals surface area (Å²) in [7, 11) is 4.02. The number of fused-ring (bicyclic) bond motifs is 1. The predicted octanol–water partition coefficient (Wildman–Crippen LogP) is 1.43. The maximum absolute atomic E-state index is 11.9. The number of amides is 3. The number of benzene rings is 1. The number of rotatable bonds is 10. The number of hydrogen-bond donors (Lipinski definition) is 4. The van der Waals surface area contributed by atoms with E-state index in [1.165, 1.54) is 0 Å². The highest BCUT2D eigenvalue weighted by Gasteiger charge is 2.26. The quantitative estimate of drug-likeness (QED) is 0.252. The van der Waals surface area contributed by atoms with E-state index in [4.69, 9.17) is 4.74 Å². The Morgan fingerprint density at radius 3 is 2.66 bits per heavy atom. The summed E-state index contributed by atoms with van der Waals surface area (Å²) in [6, 6.07) is 7.68. The van der Waals surface area contributed by atoms with Gasteiger partial charge in [0.1, 0.15) is 18.1 Å². The largest absolute Gasteiger partial charge is 0.492 e. The van der Waals surface area contributed by atoms with Gasteiger partial charge in [-0.3, -0.25) is 10.1 Å². The Morgan fingerprint density at radius 1 is 1.17 bits per heavy atom. The molecule has 1 saturated heterocycles. The number of nitrogens with zero attached hydrogens (tertiary/aromatic N) is 5. The van der Waals surface area contributed by atoms with E-state index in [0.29, 0.717) is 42.3 Å². The van der Waals surface area contributed by atoms with E-state index in [-0.39, 0.29) is 5.70 Å². The maximum atomic E-state index is 11.9. The van der Waals surface area contributed by atoms with Crippen molar-refractivity contribution >= 4 is 35.6 Å². The Kier molecular flexibility index (Phi) is 6.19. The average Bonchev–Trinajstić information content (AvgIpc) is 3.46. The van der Waals surface area contributed by atoms with Crippen LogP contribution in [0.4, 0.5) is 16.7 Å². The van der Waals surface area contributed by atoms with E-state index < -0.39 is 11.9 Å². The Balaban J connectivity index is 1.34. The number of ether oxygens (including phenoxy) is 1. The highest BCUT2D eigenvalue weighted by atomic mass is 16.5. The van der Waals surface area contributed by atoms with Gasteiger partial charge in [0.15, 0.2) is 5.65 Å². The molecule has 2 aliphatic rings. The van der Waals surface area contributed by atoms with Crippen molar-refractivity contribution in [2.45, 2.75) is 25.4 Å². The van der Waals surface area contributed by atoms with E-state index in [2.05, 4.69) is 41.2 Å². The zero-order valence-corrected chi connectivity index (χ0v) is 19.5. The lowest BCUT2D eigenvalue weighted by molar-refractivity contribution is -0.115. The molecule has 1 saturated carbocycles. The van der Waals surface area contributed by atoms with Gasteiger partial charge in [0.05, 0.1) is 6.20 Å². The number of carbonyl (C=O) groups is 2. The first-order valence-corrected chi connectivity index (χ1v) is 11.4. The van der Waals surface area contributed by atoms with Crippen LogP contribution in [0.3, 0.4) is 0 Å². The third-order valence-electron chi connectivity index (χ3n) is 5.51. The highest BCUT2D eigenvalue weighted by molar-refractivity contribution is 6.14. The molecule has 35 heavy (non-hydrogen) atoms. The van der Waals surface area contributed by atoms with Crippen molar-refractivity contribution in [2.24, 2.45) is 0 Å². The summed E-state index contributed by atoms with van der Waals surface area (Å²) < 4.78 is 7.35. The smallest absolute Gasteiger partial charge is 0.326 e. The Labute approximate surface area is 201 Å². The third-order valence-corrected chi connectivity index (χ3v) is 5.51. The first-order chi connectivity index (χ1) is 16.9. The second-order valence-electron chi connectivity index (χ2n) is 8.74. The number of carbonyl (C=O) groups excluding carboxylic acids is 2. The molecule has 3 amide bonds. The Bertz CT molecular complexity index is 1280. The Morgan fingerprint density at radius 2 is 1.97 bits per heavy atom. The SMILES string of the molecule is CN(C)CCOc1ccc(CNc2nc(NC3CC3)n3ncc(/C=C4\NC(=O)NC4=O)c3n2)cc1. The molecule has 0 unspecified atom stereocenters. The molecule has 3 aromatic rings. The molecule has 2 fully saturated rings. The second kappa shape index (κ2) is 9.58. The van der Waals surface area contributed by atoms with Crippen molar-refractivity contribution in [1.82, 2.24) is 35.1 Å². The van der Waals surface area contributed by atoms with Crippen LogP contribution >= 0.6 is 0 Å². The lowest BCUT2D eigenvalue weighted by atomic mass is 10.2. The number of nitrogens with one attached hydrogen (secondary N) is 4. The van der Waals surface area contributed by atoms with Crippen LogP contribution in [0.15, 0.2) is 36.2 Å². The van der Waals surface area contributed by atoms with Crippen LogP contribution in [0.2, 0.25) is 0 Å². The predicted molar refractivity (Wildman–Crippen MR) is 130 cm³/mol. The van der Waals surface area contributed by atoms with E-state index in [9.17, 15) is 9.59 Å². The topological polar surface area (TPSA) is 138 Å². The minimum absolute atomic E-state index is 0.141. The molecule has 1 aliphatic heterocycles. The van der Waals surface area contributed by atoms with Crippen LogP contribution in [0, 0.1) is 0 Å². The van der Waals surface area contributed by atoms with Crippen molar-refractivity contribution in [1.29, 1.82) is 0 Å². The standard InChI is InChI=1S/C23H27N9O3/c1-31(2)9-10-35-17-7-3-14(4-8-17)12-24-21-28-19-15(11-18-20(33)29-23(34)27-18)13-25-32(19)22(30-21)26-16-5-6-16/h3-4,7-8,11,13,16H,5-6,9-10,12H2,1-2H3,(H2,24,26,28,30)(H2,27,29,33,34)/b18-11-. The van der Waals surface area contributed by atoms with Crippen molar-refractivity contribution in [3.63, 3.8) is 0 Å². The van der Waals surface area contributed by atoms with E-state index >= 15 is 0 Å². The summed E-state index contributed by atoms with van der Waals surface area (Å²) >= 11 is 0. The minimum Gasteiger partial charge on any atom is -0.492 e. The van der Waals surface area contributed by atoms with Gasteiger partial charge in [0, 0.05) is 24.7 Å². The van der Waals surface area contributed by atoms with E-state index in [1.807, 2.05) is 38.4 Å². The van der Waals surface area contributed by atoms with Gasteiger partial charge in [-0.25, -0.2) is 4.79 Å². The van der Waals surface area contributed by atoms with Crippen LogP contribution < -0.4 is 26.0 Å². The summed E-state index contributed by atoms with van der Waals surface area (Å²) in [4.78, 5) is 34.7. The third kappa shape index (κ3) is 5.49. The van der Waals surface area contributed by atoms with Crippen LogP contribution in [-0.2, 0) is 11.3 Å². The van der Waals surface area contributed by atoms with Gasteiger partial charge in [-0.15, -0.1) is 0 Å². The molecule has 1 aromatic carbocycles. The fraction of sp³-hybridized carbons (Fsp3) is 0.348. The summed E-state index contributed by atoms with van der Waals surface area (Å²) in [5, 5.41) is 15.7. The Hall–Kier alpha value is -4.19. The molecular weight excluding hydrogens is 450 g/mol. The zero-order chi connectivity index (χ0) is 24.4. The van der Waals surface area contributed by atoms with Crippen molar-refractivity contribution in [3.05, 3.63) is 47.3 Å². The van der Waals surface area contributed by atoms with Gasteiger partial charge >= 0.3 is 6.03 Å². The molecule has 3 heterocycles. The molecule has 12 heteroatoms. The zero-order valence-electron chi connectivity index (χ0n) is 19.5. The number of imide groups is 1. The second-order valence-corrected chi connectivity index (χ2v) is 8.74. The van der Waals surface area contributed by atoms with E-state index in [0.717, 1.165) is 30.7 Å². The molecule has 1 aliphatic carbocycles. The molecule has 0 atom stereocenters. The van der Waals surface area contributed by atoms with Crippen LogP contribution in [0.5, 0.6) is 5.75 Å². The minimum atomic E-state index is -0.556. The summed E-state index contributed by atoms with van der Waals surface area (Å²) in [5.74, 6) is 1.32. The van der Waals surface area contributed by atoms with Crippen molar-refractivity contribution in [3.8, 4) is 5.75 Å². The maximum Gasteiger partial charge on any atom is 0.326 e. The van der Waals surface area contributed by atoms with Gasteiger partial charge in [0.2, 0.25) is 11.9 Å². The van der Waals surface area contributed by atoms with Gasteiger partial charge in [-0.1, -0.05) is 12.1 Å². The van der Waals surface area contributed by atoms with Crippen LogP contribution in [-0.4, -0.2) is 69.7 Å². The summed E-state index contributed by atoms with van der Waals surface area (Å²) in [6.07, 6.45) is 5.28. The molecule has 0 bridgehead atoms. The molecule has 5 rings (SSSR count). The van der Waals surface area contributed by atoms with Crippen molar-refractivity contribution < 1.29 is 14.3 Å². The fourth-order valence-electron chi connectivity index (χ4n) is 3.45. The lowest BCUT2D eigenvalue weighted by Gasteiger charge is -2.12.